The number of carbonyl (C=O) groups is 1. The Bertz CT molecular complexity index is 803. The SMILES string of the molecule is CC(=NNC(=O)c1cccc(C)c1O)c1ccc(C2CCCCC2)cc1. The van der Waals surface area contributed by atoms with Crippen molar-refractivity contribution >= 4 is 11.6 Å². The van der Waals surface area contributed by atoms with Crippen LogP contribution in [0.4, 0.5) is 0 Å². The van der Waals surface area contributed by atoms with Gasteiger partial charge in [-0.1, -0.05) is 55.7 Å². The lowest BCUT2D eigenvalue weighted by atomic mass is 9.84. The summed E-state index contributed by atoms with van der Waals surface area (Å²) in [6.07, 6.45) is 6.57. The van der Waals surface area contributed by atoms with Gasteiger partial charge in [0.2, 0.25) is 0 Å². The summed E-state index contributed by atoms with van der Waals surface area (Å²) < 4.78 is 0. The van der Waals surface area contributed by atoms with Crippen LogP contribution in [-0.4, -0.2) is 16.7 Å². The Morgan fingerprint density at radius 2 is 1.77 bits per heavy atom. The number of amides is 1. The minimum Gasteiger partial charge on any atom is -0.507 e. The van der Waals surface area contributed by atoms with E-state index in [1.54, 1.807) is 25.1 Å². The summed E-state index contributed by atoms with van der Waals surface area (Å²) in [5, 5.41) is 14.2. The van der Waals surface area contributed by atoms with Gasteiger partial charge >= 0.3 is 0 Å². The molecule has 1 aliphatic carbocycles. The molecule has 0 atom stereocenters. The number of rotatable bonds is 4. The highest BCUT2D eigenvalue weighted by atomic mass is 16.3. The number of para-hydroxylation sites is 1. The third-order valence-corrected chi connectivity index (χ3v) is 5.21. The number of aromatic hydroxyl groups is 1. The Morgan fingerprint density at radius 1 is 1.08 bits per heavy atom. The van der Waals surface area contributed by atoms with Crippen LogP contribution in [-0.2, 0) is 0 Å². The number of nitrogens with one attached hydrogen (secondary N) is 1. The molecule has 0 aromatic heterocycles. The monoisotopic (exact) mass is 350 g/mol. The van der Waals surface area contributed by atoms with Crippen molar-refractivity contribution in [1.29, 1.82) is 0 Å². The van der Waals surface area contributed by atoms with Crippen molar-refractivity contribution in [2.24, 2.45) is 5.10 Å². The average molecular weight is 350 g/mol. The number of phenols is 1. The van der Waals surface area contributed by atoms with E-state index < -0.39 is 5.91 Å². The van der Waals surface area contributed by atoms with Crippen molar-refractivity contribution in [1.82, 2.24) is 5.43 Å². The molecule has 2 aromatic rings. The quantitative estimate of drug-likeness (QED) is 0.608. The number of carbonyl (C=O) groups excluding carboxylic acids is 1. The van der Waals surface area contributed by atoms with E-state index in [4.69, 9.17) is 0 Å². The summed E-state index contributed by atoms with van der Waals surface area (Å²) in [4.78, 5) is 12.2. The van der Waals surface area contributed by atoms with E-state index in [-0.39, 0.29) is 11.3 Å². The number of hydrogen-bond acceptors (Lipinski definition) is 3. The predicted octanol–water partition coefficient (Wildman–Crippen LogP) is 4.90. The maximum atomic E-state index is 12.2. The van der Waals surface area contributed by atoms with E-state index in [0.29, 0.717) is 11.5 Å². The third kappa shape index (κ3) is 4.13. The van der Waals surface area contributed by atoms with Gasteiger partial charge in [0.1, 0.15) is 5.75 Å². The highest BCUT2D eigenvalue weighted by molar-refractivity contribution is 6.01. The fraction of sp³-hybridized carbons (Fsp3) is 0.364. The Labute approximate surface area is 155 Å². The van der Waals surface area contributed by atoms with E-state index in [1.807, 2.05) is 6.92 Å². The Kier molecular flexibility index (Phi) is 5.71. The van der Waals surface area contributed by atoms with E-state index >= 15 is 0 Å². The number of hydrogen-bond donors (Lipinski definition) is 2. The van der Waals surface area contributed by atoms with Gasteiger partial charge in [-0.2, -0.15) is 5.10 Å². The first-order chi connectivity index (χ1) is 12.6. The smallest absolute Gasteiger partial charge is 0.275 e. The van der Waals surface area contributed by atoms with Crippen LogP contribution >= 0.6 is 0 Å². The van der Waals surface area contributed by atoms with E-state index in [2.05, 4.69) is 34.8 Å². The second-order valence-corrected chi connectivity index (χ2v) is 7.07. The predicted molar refractivity (Wildman–Crippen MR) is 105 cm³/mol. The standard InChI is InChI=1S/C22H26N2O2/c1-15-7-6-10-20(21(15)25)22(26)24-23-16(2)17-11-13-19(14-12-17)18-8-4-3-5-9-18/h6-7,10-14,18,25H,3-5,8-9H2,1-2H3,(H,24,26). The van der Waals surface area contributed by atoms with Crippen molar-refractivity contribution < 1.29 is 9.90 Å². The third-order valence-electron chi connectivity index (χ3n) is 5.21. The zero-order valence-electron chi connectivity index (χ0n) is 15.5. The average Bonchev–Trinajstić information content (AvgIpc) is 2.69. The number of hydrazone groups is 1. The first-order valence-electron chi connectivity index (χ1n) is 9.30. The largest absolute Gasteiger partial charge is 0.507 e. The van der Waals surface area contributed by atoms with Crippen molar-refractivity contribution in [3.8, 4) is 5.75 Å². The second-order valence-electron chi connectivity index (χ2n) is 7.07. The van der Waals surface area contributed by atoms with Gasteiger partial charge in [0.15, 0.2) is 0 Å². The van der Waals surface area contributed by atoms with E-state index in [9.17, 15) is 9.90 Å². The van der Waals surface area contributed by atoms with Gasteiger partial charge in [-0.25, -0.2) is 5.43 Å². The lowest BCUT2D eigenvalue weighted by molar-refractivity contribution is 0.0952. The van der Waals surface area contributed by atoms with E-state index in [0.717, 1.165) is 11.3 Å². The summed E-state index contributed by atoms with van der Waals surface area (Å²) in [5.74, 6) is 0.262. The molecule has 0 heterocycles. The fourth-order valence-corrected chi connectivity index (χ4v) is 3.53. The molecule has 1 aliphatic rings. The molecule has 4 heteroatoms. The molecule has 2 N–H and O–H groups in total. The zero-order valence-corrected chi connectivity index (χ0v) is 15.5. The fourth-order valence-electron chi connectivity index (χ4n) is 3.53. The highest BCUT2D eigenvalue weighted by Gasteiger charge is 2.15. The topological polar surface area (TPSA) is 61.7 Å². The summed E-state index contributed by atoms with van der Waals surface area (Å²) in [6.45, 7) is 3.63. The summed E-state index contributed by atoms with van der Waals surface area (Å²) in [6, 6.07) is 13.6. The van der Waals surface area contributed by atoms with Crippen LogP contribution in [0.25, 0.3) is 0 Å². The maximum Gasteiger partial charge on any atom is 0.275 e. The number of aryl methyl sites for hydroxylation is 1. The molecule has 0 bridgehead atoms. The maximum absolute atomic E-state index is 12.2. The molecule has 2 aromatic carbocycles. The second kappa shape index (κ2) is 8.17. The van der Waals surface area contributed by atoms with Gasteiger partial charge in [0, 0.05) is 0 Å². The van der Waals surface area contributed by atoms with E-state index in [1.165, 1.54) is 37.7 Å². The van der Waals surface area contributed by atoms with Gasteiger partial charge in [0.05, 0.1) is 11.3 Å². The summed E-state index contributed by atoms with van der Waals surface area (Å²) in [7, 11) is 0. The molecule has 0 radical (unpaired) electrons. The molecular formula is C22H26N2O2. The van der Waals surface area contributed by atoms with Crippen molar-refractivity contribution in [2.45, 2.75) is 51.9 Å². The van der Waals surface area contributed by atoms with Crippen LogP contribution in [0.3, 0.4) is 0 Å². The lowest BCUT2D eigenvalue weighted by Crippen LogP contribution is -2.19. The van der Waals surface area contributed by atoms with Gasteiger partial charge in [0.25, 0.3) is 5.91 Å². The minimum absolute atomic E-state index is 0.00492. The molecule has 1 saturated carbocycles. The normalized spacial score (nSPS) is 15.7. The molecule has 0 aliphatic heterocycles. The highest BCUT2D eigenvalue weighted by Crippen LogP contribution is 2.32. The first-order valence-corrected chi connectivity index (χ1v) is 9.30. The van der Waals surface area contributed by atoms with Gasteiger partial charge in [-0.05, 0) is 55.4 Å². The summed E-state index contributed by atoms with van der Waals surface area (Å²) >= 11 is 0. The van der Waals surface area contributed by atoms with Crippen LogP contribution in [0, 0.1) is 6.92 Å². The molecule has 0 unspecified atom stereocenters. The van der Waals surface area contributed by atoms with Crippen LogP contribution in [0.2, 0.25) is 0 Å². The summed E-state index contributed by atoms with van der Waals surface area (Å²) in [5.41, 5.74) is 6.55. The molecule has 3 rings (SSSR count). The van der Waals surface area contributed by atoms with Crippen LogP contribution in [0.1, 0.15) is 72.0 Å². The van der Waals surface area contributed by atoms with Gasteiger partial charge < -0.3 is 5.11 Å². The Morgan fingerprint density at radius 3 is 2.46 bits per heavy atom. The number of phenolic OH excluding ortho intramolecular Hbond substituents is 1. The van der Waals surface area contributed by atoms with Crippen molar-refractivity contribution in [2.75, 3.05) is 0 Å². The molecule has 136 valence electrons. The van der Waals surface area contributed by atoms with Gasteiger partial charge in [-0.15, -0.1) is 0 Å². The lowest BCUT2D eigenvalue weighted by Gasteiger charge is -2.22. The van der Waals surface area contributed by atoms with Crippen LogP contribution in [0.15, 0.2) is 47.6 Å². The molecule has 0 spiro atoms. The molecule has 1 amide bonds. The van der Waals surface area contributed by atoms with Crippen molar-refractivity contribution in [3.63, 3.8) is 0 Å². The number of benzene rings is 2. The minimum atomic E-state index is -0.413. The molecule has 4 nitrogen and oxygen atoms in total. The van der Waals surface area contributed by atoms with Crippen LogP contribution in [0.5, 0.6) is 5.75 Å². The zero-order chi connectivity index (χ0) is 18.5. The number of nitrogens with zero attached hydrogens (tertiary/aromatic N) is 1. The van der Waals surface area contributed by atoms with Crippen LogP contribution < -0.4 is 5.43 Å². The molecular weight excluding hydrogens is 324 g/mol. The molecule has 26 heavy (non-hydrogen) atoms. The van der Waals surface area contributed by atoms with Gasteiger partial charge in [-0.3, -0.25) is 4.79 Å². The Hall–Kier alpha value is -2.62. The van der Waals surface area contributed by atoms with Crippen molar-refractivity contribution in [3.05, 3.63) is 64.7 Å². The Balaban J connectivity index is 1.67. The molecule has 1 fully saturated rings. The first kappa shape index (κ1) is 18.2. The molecule has 0 saturated heterocycles.